The number of carbonyl (C=O) groups is 1. The predicted molar refractivity (Wildman–Crippen MR) is 45.1 cm³/mol. The molecule has 2 atom stereocenters. The molecule has 64 valence electrons. The minimum atomic E-state index is 0.256. The highest BCUT2D eigenvalue weighted by molar-refractivity contribution is 5.81. The maximum Gasteiger partial charge on any atom is 0.223 e. The van der Waals surface area contributed by atoms with Gasteiger partial charge in [0.05, 0.1) is 0 Å². The fourth-order valence-corrected chi connectivity index (χ4v) is 1.56. The number of amides is 1. The molecule has 0 radical (unpaired) electrons. The van der Waals surface area contributed by atoms with E-state index in [1.54, 1.807) is 0 Å². The summed E-state index contributed by atoms with van der Waals surface area (Å²) in [6.07, 6.45) is 1.10. The molecule has 0 heterocycles. The first-order valence-corrected chi connectivity index (χ1v) is 4.44. The summed E-state index contributed by atoms with van der Waals surface area (Å²) in [5, 5.41) is 2.85. The second-order valence-electron chi connectivity index (χ2n) is 3.64. The van der Waals surface area contributed by atoms with Crippen LogP contribution in [-0.2, 0) is 4.79 Å². The van der Waals surface area contributed by atoms with E-state index in [9.17, 15) is 4.79 Å². The Hall–Kier alpha value is -0.530. The van der Waals surface area contributed by atoms with Crippen molar-refractivity contribution in [1.29, 1.82) is 0 Å². The number of hydrogen-bond donors (Lipinski definition) is 1. The molecule has 0 bridgehead atoms. The summed E-state index contributed by atoms with van der Waals surface area (Å²) in [4.78, 5) is 11.2. The Morgan fingerprint density at radius 1 is 1.64 bits per heavy atom. The van der Waals surface area contributed by atoms with Crippen molar-refractivity contribution in [2.45, 2.75) is 27.2 Å². The standard InChI is InChI=1S/C9H17NO/c1-4-10-9(11)8-5-7(8)6(2)3/h6-8H,4-5H2,1-3H3,(H,10,11). The quantitative estimate of drug-likeness (QED) is 0.656. The SMILES string of the molecule is CCNC(=O)C1CC1C(C)C. The van der Waals surface area contributed by atoms with Crippen molar-refractivity contribution in [3.05, 3.63) is 0 Å². The van der Waals surface area contributed by atoms with Gasteiger partial charge in [-0.3, -0.25) is 4.79 Å². The molecule has 1 saturated carbocycles. The third-order valence-corrected chi connectivity index (χ3v) is 2.38. The molecule has 2 unspecified atom stereocenters. The second kappa shape index (κ2) is 3.24. The van der Waals surface area contributed by atoms with Gasteiger partial charge in [-0.05, 0) is 25.2 Å². The van der Waals surface area contributed by atoms with E-state index < -0.39 is 0 Å². The van der Waals surface area contributed by atoms with Gasteiger partial charge in [-0.1, -0.05) is 13.8 Å². The van der Waals surface area contributed by atoms with Crippen LogP contribution in [-0.4, -0.2) is 12.5 Å². The molecule has 1 fully saturated rings. The van der Waals surface area contributed by atoms with E-state index in [1.807, 2.05) is 6.92 Å². The Balaban J connectivity index is 2.26. The zero-order valence-corrected chi connectivity index (χ0v) is 7.55. The molecule has 1 amide bonds. The van der Waals surface area contributed by atoms with Crippen molar-refractivity contribution in [1.82, 2.24) is 5.32 Å². The average molecular weight is 155 g/mol. The van der Waals surface area contributed by atoms with Crippen molar-refractivity contribution in [3.63, 3.8) is 0 Å². The lowest BCUT2D eigenvalue weighted by Crippen LogP contribution is -2.25. The number of hydrogen-bond acceptors (Lipinski definition) is 1. The van der Waals surface area contributed by atoms with Gasteiger partial charge in [0, 0.05) is 12.5 Å². The van der Waals surface area contributed by atoms with E-state index in [4.69, 9.17) is 0 Å². The number of nitrogens with one attached hydrogen (secondary N) is 1. The maximum absolute atomic E-state index is 11.2. The van der Waals surface area contributed by atoms with Crippen molar-refractivity contribution < 1.29 is 4.79 Å². The fourth-order valence-electron chi connectivity index (χ4n) is 1.56. The Kier molecular flexibility index (Phi) is 2.53. The fraction of sp³-hybridized carbons (Fsp3) is 0.889. The van der Waals surface area contributed by atoms with Gasteiger partial charge in [0.2, 0.25) is 5.91 Å². The van der Waals surface area contributed by atoms with Gasteiger partial charge >= 0.3 is 0 Å². The normalized spacial score (nSPS) is 28.7. The summed E-state index contributed by atoms with van der Waals surface area (Å²) in [5.41, 5.74) is 0. The summed E-state index contributed by atoms with van der Waals surface area (Å²) in [5.74, 6) is 1.91. The Morgan fingerprint density at radius 2 is 2.27 bits per heavy atom. The molecular weight excluding hydrogens is 138 g/mol. The molecule has 11 heavy (non-hydrogen) atoms. The van der Waals surface area contributed by atoms with Crippen molar-refractivity contribution in [2.75, 3.05) is 6.54 Å². The van der Waals surface area contributed by atoms with E-state index >= 15 is 0 Å². The van der Waals surface area contributed by atoms with Gasteiger partial charge in [0.15, 0.2) is 0 Å². The van der Waals surface area contributed by atoms with Gasteiger partial charge in [-0.15, -0.1) is 0 Å². The van der Waals surface area contributed by atoms with Crippen LogP contribution in [0.2, 0.25) is 0 Å². The van der Waals surface area contributed by atoms with E-state index in [0.29, 0.717) is 17.8 Å². The Morgan fingerprint density at radius 3 is 2.64 bits per heavy atom. The Labute approximate surface area is 68.4 Å². The Bertz CT molecular complexity index is 154. The van der Waals surface area contributed by atoms with Gasteiger partial charge < -0.3 is 5.32 Å². The van der Waals surface area contributed by atoms with Crippen LogP contribution in [0, 0.1) is 17.8 Å². The predicted octanol–water partition coefficient (Wildman–Crippen LogP) is 1.41. The molecule has 1 aliphatic rings. The lowest BCUT2D eigenvalue weighted by molar-refractivity contribution is -0.122. The highest BCUT2D eigenvalue weighted by atomic mass is 16.2. The van der Waals surface area contributed by atoms with Crippen LogP contribution >= 0.6 is 0 Å². The molecule has 1 rings (SSSR count). The monoisotopic (exact) mass is 155 g/mol. The molecule has 0 aliphatic heterocycles. The van der Waals surface area contributed by atoms with Crippen LogP contribution in [0.15, 0.2) is 0 Å². The van der Waals surface area contributed by atoms with Crippen LogP contribution in [0.4, 0.5) is 0 Å². The highest BCUT2D eigenvalue weighted by Crippen LogP contribution is 2.43. The van der Waals surface area contributed by atoms with E-state index in [1.165, 1.54) is 0 Å². The van der Waals surface area contributed by atoms with Gasteiger partial charge in [-0.25, -0.2) is 0 Å². The zero-order valence-electron chi connectivity index (χ0n) is 7.55. The van der Waals surface area contributed by atoms with Gasteiger partial charge in [0.1, 0.15) is 0 Å². The van der Waals surface area contributed by atoms with Gasteiger partial charge in [-0.2, -0.15) is 0 Å². The van der Waals surface area contributed by atoms with E-state index in [2.05, 4.69) is 19.2 Å². The van der Waals surface area contributed by atoms with Crippen molar-refractivity contribution in [2.24, 2.45) is 17.8 Å². The lowest BCUT2D eigenvalue weighted by atomic mass is 10.1. The van der Waals surface area contributed by atoms with Crippen LogP contribution < -0.4 is 5.32 Å². The van der Waals surface area contributed by atoms with Crippen LogP contribution in [0.1, 0.15) is 27.2 Å². The first kappa shape index (κ1) is 8.57. The van der Waals surface area contributed by atoms with Gasteiger partial charge in [0.25, 0.3) is 0 Å². The highest BCUT2D eigenvalue weighted by Gasteiger charge is 2.44. The smallest absolute Gasteiger partial charge is 0.223 e. The van der Waals surface area contributed by atoms with Crippen molar-refractivity contribution in [3.8, 4) is 0 Å². The minimum Gasteiger partial charge on any atom is -0.356 e. The molecule has 2 nitrogen and oxygen atoms in total. The molecule has 0 aromatic rings. The summed E-state index contributed by atoms with van der Waals surface area (Å²) in [7, 11) is 0. The first-order valence-electron chi connectivity index (χ1n) is 4.44. The molecular formula is C9H17NO. The first-order chi connectivity index (χ1) is 5.16. The lowest BCUT2D eigenvalue weighted by Gasteiger charge is -2.02. The topological polar surface area (TPSA) is 29.1 Å². The molecule has 0 aromatic carbocycles. The van der Waals surface area contributed by atoms with Crippen LogP contribution in [0.25, 0.3) is 0 Å². The minimum absolute atomic E-state index is 0.256. The summed E-state index contributed by atoms with van der Waals surface area (Å²) in [6, 6.07) is 0. The molecule has 0 spiro atoms. The largest absolute Gasteiger partial charge is 0.356 e. The van der Waals surface area contributed by atoms with E-state index in [0.717, 1.165) is 13.0 Å². The summed E-state index contributed by atoms with van der Waals surface area (Å²) in [6.45, 7) is 7.10. The molecule has 0 saturated heterocycles. The molecule has 0 aromatic heterocycles. The van der Waals surface area contributed by atoms with E-state index in [-0.39, 0.29) is 5.91 Å². The molecule has 1 N–H and O–H groups in total. The second-order valence-corrected chi connectivity index (χ2v) is 3.64. The number of rotatable bonds is 3. The molecule has 2 heteroatoms. The molecule has 1 aliphatic carbocycles. The number of carbonyl (C=O) groups excluding carboxylic acids is 1. The third kappa shape index (κ3) is 1.95. The van der Waals surface area contributed by atoms with Crippen LogP contribution in [0.5, 0.6) is 0 Å². The summed E-state index contributed by atoms with van der Waals surface area (Å²) < 4.78 is 0. The van der Waals surface area contributed by atoms with Crippen LogP contribution in [0.3, 0.4) is 0 Å². The zero-order chi connectivity index (χ0) is 8.43. The van der Waals surface area contributed by atoms with Crippen molar-refractivity contribution >= 4 is 5.91 Å². The summed E-state index contributed by atoms with van der Waals surface area (Å²) >= 11 is 0. The maximum atomic E-state index is 11.2. The third-order valence-electron chi connectivity index (χ3n) is 2.38. The average Bonchev–Trinajstić information content (AvgIpc) is 2.65.